The third-order valence-electron chi connectivity index (χ3n) is 4.56. The van der Waals surface area contributed by atoms with Crippen LogP contribution in [0.3, 0.4) is 0 Å². The molecule has 0 unspecified atom stereocenters. The van der Waals surface area contributed by atoms with Crippen LogP contribution < -0.4 is 5.73 Å². The zero-order valence-electron chi connectivity index (χ0n) is 13.0. The minimum atomic E-state index is -3.14. The van der Waals surface area contributed by atoms with E-state index in [0.29, 0.717) is 19.8 Å². The van der Waals surface area contributed by atoms with E-state index < -0.39 is 20.5 Å². The Labute approximate surface area is 127 Å². The molecule has 2 rings (SSSR count). The molecule has 1 fully saturated rings. The number of rotatable bonds is 7. The summed E-state index contributed by atoms with van der Waals surface area (Å²) in [4.78, 5) is 0. The molecular weight excluding hydrogens is 286 g/mol. The normalized spacial score (nSPS) is 28.6. The summed E-state index contributed by atoms with van der Waals surface area (Å²) in [6.45, 7) is 6.94. The highest BCUT2D eigenvalue weighted by Crippen LogP contribution is 2.62. The standard InChI is InChI=1S/C16H25NO3S/c1-4-20-11-16(10-17)14(15(16)21(18,19)5-2)13-8-6-12(3)7-9-13/h6-9,14-15H,4-5,10-11,17H2,1-3H3/t14-,15+,16-/m1/s1. The SMILES string of the molecule is CCOC[C@]1(CN)[C@H](c2ccc(C)cc2)[C@@H]1S(=O)(=O)CC. The van der Waals surface area contributed by atoms with Gasteiger partial charge in [0.1, 0.15) is 0 Å². The van der Waals surface area contributed by atoms with Gasteiger partial charge in [0.05, 0.1) is 11.9 Å². The first-order chi connectivity index (χ1) is 9.93. The maximum atomic E-state index is 12.4. The number of nitrogens with two attached hydrogens (primary N) is 1. The van der Waals surface area contributed by atoms with Gasteiger partial charge in [0.15, 0.2) is 9.84 Å². The topological polar surface area (TPSA) is 69.4 Å². The fourth-order valence-electron chi connectivity index (χ4n) is 3.24. The van der Waals surface area contributed by atoms with Crippen molar-refractivity contribution in [3.05, 3.63) is 35.4 Å². The third kappa shape index (κ3) is 2.87. The summed E-state index contributed by atoms with van der Waals surface area (Å²) in [5, 5.41) is -0.422. The van der Waals surface area contributed by atoms with E-state index in [2.05, 4.69) is 0 Å². The summed E-state index contributed by atoms with van der Waals surface area (Å²) in [5.41, 5.74) is 7.71. The lowest BCUT2D eigenvalue weighted by Gasteiger charge is -2.15. The molecule has 1 saturated carbocycles. The molecule has 0 spiro atoms. The van der Waals surface area contributed by atoms with Gasteiger partial charge in [-0.2, -0.15) is 0 Å². The molecule has 0 saturated heterocycles. The van der Waals surface area contributed by atoms with Gasteiger partial charge >= 0.3 is 0 Å². The molecule has 1 aromatic rings. The highest BCUT2D eigenvalue weighted by Gasteiger charge is 2.69. The molecule has 0 heterocycles. The minimum absolute atomic E-state index is 0.0559. The first-order valence-corrected chi connectivity index (χ1v) is 9.20. The van der Waals surface area contributed by atoms with E-state index in [-0.39, 0.29) is 11.7 Å². The van der Waals surface area contributed by atoms with Gasteiger partial charge in [-0.05, 0) is 19.4 Å². The second-order valence-electron chi connectivity index (χ2n) is 5.83. The number of benzene rings is 1. The largest absolute Gasteiger partial charge is 0.381 e. The molecule has 118 valence electrons. The molecule has 1 aliphatic carbocycles. The fraction of sp³-hybridized carbons (Fsp3) is 0.625. The van der Waals surface area contributed by atoms with Crippen LogP contribution in [0.25, 0.3) is 0 Å². The van der Waals surface area contributed by atoms with Crippen molar-refractivity contribution < 1.29 is 13.2 Å². The molecule has 21 heavy (non-hydrogen) atoms. The Balaban J connectivity index is 2.38. The van der Waals surface area contributed by atoms with E-state index in [4.69, 9.17) is 10.5 Å². The van der Waals surface area contributed by atoms with Gasteiger partial charge < -0.3 is 10.5 Å². The molecule has 2 N–H and O–H groups in total. The van der Waals surface area contributed by atoms with E-state index in [0.717, 1.165) is 11.1 Å². The van der Waals surface area contributed by atoms with Crippen molar-refractivity contribution in [2.75, 3.05) is 25.5 Å². The Morgan fingerprint density at radius 1 is 1.24 bits per heavy atom. The van der Waals surface area contributed by atoms with Crippen LogP contribution >= 0.6 is 0 Å². The van der Waals surface area contributed by atoms with Crippen LogP contribution in [0.2, 0.25) is 0 Å². The summed E-state index contributed by atoms with van der Waals surface area (Å²) in [5.74, 6) is 0.0908. The molecule has 0 aliphatic heterocycles. The molecule has 1 aliphatic rings. The van der Waals surface area contributed by atoms with Crippen LogP contribution in [0, 0.1) is 12.3 Å². The van der Waals surface area contributed by atoms with Crippen LogP contribution in [-0.2, 0) is 14.6 Å². The summed E-state index contributed by atoms with van der Waals surface area (Å²) < 4.78 is 30.4. The van der Waals surface area contributed by atoms with Crippen molar-refractivity contribution >= 4 is 9.84 Å². The number of ether oxygens (including phenoxy) is 1. The summed E-state index contributed by atoms with van der Waals surface area (Å²) >= 11 is 0. The molecule has 1 aromatic carbocycles. The van der Waals surface area contributed by atoms with Gasteiger partial charge in [-0.3, -0.25) is 0 Å². The zero-order chi connectivity index (χ0) is 15.7. The Morgan fingerprint density at radius 2 is 1.86 bits per heavy atom. The Morgan fingerprint density at radius 3 is 2.33 bits per heavy atom. The maximum absolute atomic E-state index is 12.4. The Hall–Kier alpha value is -0.910. The molecule has 0 aromatic heterocycles. The van der Waals surface area contributed by atoms with Gasteiger partial charge in [-0.15, -0.1) is 0 Å². The lowest BCUT2D eigenvalue weighted by atomic mass is 9.99. The average Bonchev–Trinajstić information content (AvgIpc) is 3.16. The smallest absolute Gasteiger partial charge is 0.154 e. The van der Waals surface area contributed by atoms with Crippen molar-refractivity contribution in [3.63, 3.8) is 0 Å². The average molecular weight is 311 g/mol. The van der Waals surface area contributed by atoms with E-state index in [9.17, 15) is 8.42 Å². The molecule has 3 atom stereocenters. The van der Waals surface area contributed by atoms with Gasteiger partial charge in [-0.1, -0.05) is 36.8 Å². The number of hydrogen-bond donors (Lipinski definition) is 1. The molecule has 5 heteroatoms. The van der Waals surface area contributed by atoms with Crippen molar-refractivity contribution in [2.45, 2.75) is 31.9 Å². The van der Waals surface area contributed by atoms with Crippen LogP contribution in [0.1, 0.15) is 30.9 Å². The van der Waals surface area contributed by atoms with E-state index in [1.54, 1.807) is 6.92 Å². The van der Waals surface area contributed by atoms with Crippen LogP contribution in [0.4, 0.5) is 0 Å². The van der Waals surface area contributed by atoms with Gasteiger partial charge in [-0.25, -0.2) is 8.42 Å². The van der Waals surface area contributed by atoms with Crippen LogP contribution in [-0.4, -0.2) is 39.2 Å². The number of aryl methyl sites for hydroxylation is 1. The summed E-state index contributed by atoms with van der Waals surface area (Å²) in [6, 6.07) is 8.07. The van der Waals surface area contributed by atoms with Gasteiger partial charge in [0.2, 0.25) is 0 Å². The molecule has 0 radical (unpaired) electrons. The third-order valence-corrected chi connectivity index (χ3v) is 6.88. The van der Waals surface area contributed by atoms with Crippen molar-refractivity contribution in [2.24, 2.45) is 11.1 Å². The summed E-state index contributed by atoms with van der Waals surface area (Å²) in [7, 11) is -3.14. The second-order valence-corrected chi connectivity index (χ2v) is 8.25. The maximum Gasteiger partial charge on any atom is 0.154 e. The summed E-state index contributed by atoms with van der Waals surface area (Å²) in [6.07, 6.45) is 0. The Bertz CT molecular complexity index is 582. The van der Waals surface area contributed by atoms with Crippen molar-refractivity contribution in [1.29, 1.82) is 0 Å². The fourth-order valence-corrected chi connectivity index (χ4v) is 5.39. The minimum Gasteiger partial charge on any atom is -0.381 e. The highest BCUT2D eigenvalue weighted by molar-refractivity contribution is 7.92. The van der Waals surface area contributed by atoms with Crippen LogP contribution in [0.5, 0.6) is 0 Å². The predicted octanol–water partition coefficient (Wildman–Crippen LogP) is 1.88. The van der Waals surface area contributed by atoms with E-state index in [1.807, 2.05) is 38.1 Å². The first-order valence-electron chi connectivity index (χ1n) is 7.49. The van der Waals surface area contributed by atoms with E-state index >= 15 is 0 Å². The Kier molecular flexibility index (Phi) is 4.76. The zero-order valence-corrected chi connectivity index (χ0v) is 13.8. The second kappa shape index (κ2) is 6.07. The monoisotopic (exact) mass is 311 g/mol. The lowest BCUT2D eigenvalue weighted by Crippen LogP contribution is -2.29. The molecular formula is C16H25NO3S. The van der Waals surface area contributed by atoms with Crippen molar-refractivity contribution in [3.8, 4) is 0 Å². The number of sulfone groups is 1. The quantitative estimate of drug-likeness (QED) is 0.834. The van der Waals surface area contributed by atoms with Gasteiger partial charge in [0, 0.05) is 30.2 Å². The number of hydrogen-bond acceptors (Lipinski definition) is 4. The van der Waals surface area contributed by atoms with E-state index in [1.165, 1.54) is 0 Å². The molecule has 0 bridgehead atoms. The van der Waals surface area contributed by atoms with Crippen molar-refractivity contribution in [1.82, 2.24) is 0 Å². The first kappa shape index (κ1) is 16.5. The lowest BCUT2D eigenvalue weighted by molar-refractivity contribution is 0.101. The highest BCUT2D eigenvalue weighted by atomic mass is 32.2. The molecule has 4 nitrogen and oxygen atoms in total. The van der Waals surface area contributed by atoms with Gasteiger partial charge in [0.25, 0.3) is 0 Å². The van der Waals surface area contributed by atoms with Crippen LogP contribution in [0.15, 0.2) is 24.3 Å². The predicted molar refractivity (Wildman–Crippen MR) is 85.1 cm³/mol. The molecule has 0 amide bonds.